The van der Waals surface area contributed by atoms with Gasteiger partial charge in [-0.3, -0.25) is 9.89 Å². The third-order valence-electron chi connectivity index (χ3n) is 3.94. The van der Waals surface area contributed by atoms with Crippen LogP contribution in [0.5, 0.6) is 0 Å². The first-order valence-electron chi connectivity index (χ1n) is 7.77. The van der Waals surface area contributed by atoms with Crippen LogP contribution in [0.1, 0.15) is 32.6 Å². The molecule has 1 atom stereocenters. The Morgan fingerprint density at radius 3 is 2.74 bits per heavy atom. The third kappa shape index (κ3) is 4.26. The molecule has 122 valence electrons. The van der Waals surface area contributed by atoms with E-state index < -0.39 is 0 Å². The molecule has 0 bridgehead atoms. The second kappa shape index (κ2) is 7.36. The minimum Gasteiger partial charge on any atom is -0.352 e. The van der Waals surface area contributed by atoms with Gasteiger partial charge in [-0.15, -0.1) is 5.10 Å². The fourth-order valence-electron chi connectivity index (χ4n) is 2.64. The third-order valence-corrected chi connectivity index (χ3v) is 5.15. The Kier molecular flexibility index (Phi) is 5.23. The zero-order valence-corrected chi connectivity index (χ0v) is 14.5. The fraction of sp³-hybridized carbons (Fsp3) is 0.438. The number of carbonyl (C=O) groups is 1. The van der Waals surface area contributed by atoms with Crippen LogP contribution >= 0.6 is 23.4 Å². The highest BCUT2D eigenvalue weighted by Gasteiger charge is 2.22. The predicted octanol–water partition coefficient (Wildman–Crippen LogP) is 3.66. The molecule has 2 aromatic rings. The van der Waals surface area contributed by atoms with Crippen molar-refractivity contribution in [1.29, 1.82) is 0 Å². The van der Waals surface area contributed by atoms with Gasteiger partial charge in [-0.2, -0.15) is 0 Å². The summed E-state index contributed by atoms with van der Waals surface area (Å²) in [4.78, 5) is 16.6. The van der Waals surface area contributed by atoms with Crippen LogP contribution < -0.4 is 5.32 Å². The summed E-state index contributed by atoms with van der Waals surface area (Å²) in [5, 5.41) is 11.2. The molecule has 1 aromatic carbocycles. The van der Waals surface area contributed by atoms with Crippen molar-refractivity contribution in [3.8, 4) is 11.4 Å². The number of thioether (sulfide) groups is 1. The van der Waals surface area contributed by atoms with Crippen molar-refractivity contribution in [1.82, 2.24) is 20.5 Å². The Hall–Kier alpha value is -1.53. The Balaban J connectivity index is 1.59. The molecule has 0 spiro atoms. The molecule has 23 heavy (non-hydrogen) atoms. The van der Waals surface area contributed by atoms with Crippen molar-refractivity contribution in [2.45, 2.75) is 49.1 Å². The van der Waals surface area contributed by atoms with Gasteiger partial charge in [-0.05, 0) is 44.0 Å². The summed E-state index contributed by atoms with van der Waals surface area (Å²) >= 11 is 7.25. The predicted molar refractivity (Wildman–Crippen MR) is 92.5 cm³/mol. The number of H-pyrrole nitrogens is 1. The number of rotatable bonds is 5. The van der Waals surface area contributed by atoms with E-state index in [-0.39, 0.29) is 11.2 Å². The maximum Gasteiger partial charge on any atom is 0.233 e. The van der Waals surface area contributed by atoms with E-state index in [1.807, 2.05) is 31.2 Å². The number of aromatic nitrogens is 3. The van der Waals surface area contributed by atoms with Gasteiger partial charge in [0.15, 0.2) is 5.82 Å². The Labute approximate surface area is 144 Å². The van der Waals surface area contributed by atoms with Gasteiger partial charge in [0.05, 0.1) is 5.25 Å². The monoisotopic (exact) mass is 350 g/mol. The smallest absolute Gasteiger partial charge is 0.233 e. The molecule has 1 fully saturated rings. The molecular formula is C16H19ClN4OS. The standard InChI is InChI=1S/C16H19ClN4OS/c1-10(15(22)18-13-4-2-3-5-13)23-16-19-14(20-21-16)11-6-8-12(17)9-7-11/h6-10,13H,2-5H2,1H3,(H,18,22)(H,19,20,21)/t10-/m0/s1. The van der Waals surface area contributed by atoms with Crippen molar-refractivity contribution >= 4 is 29.3 Å². The Bertz CT molecular complexity index is 667. The molecule has 2 N–H and O–H groups in total. The topological polar surface area (TPSA) is 70.7 Å². The van der Waals surface area contributed by atoms with Crippen LogP contribution in [0, 0.1) is 0 Å². The van der Waals surface area contributed by atoms with E-state index in [4.69, 9.17) is 11.6 Å². The summed E-state index contributed by atoms with van der Waals surface area (Å²) in [5.74, 6) is 0.729. The van der Waals surface area contributed by atoms with Crippen molar-refractivity contribution in [2.24, 2.45) is 0 Å². The lowest BCUT2D eigenvalue weighted by atomic mass is 10.2. The van der Waals surface area contributed by atoms with Gasteiger partial charge in [-0.25, -0.2) is 4.98 Å². The first-order valence-corrected chi connectivity index (χ1v) is 9.03. The van der Waals surface area contributed by atoms with Crippen molar-refractivity contribution in [2.75, 3.05) is 0 Å². The highest BCUT2D eigenvalue weighted by atomic mass is 35.5. The SMILES string of the molecule is C[C@H](Sc1n[nH]c(-c2ccc(Cl)cc2)n1)C(=O)NC1CCCC1. The van der Waals surface area contributed by atoms with E-state index in [1.54, 1.807) is 0 Å². The van der Waals surface area contributed by atoms with Gasteiger partial charge in [0.2, 0.25) is 11.1 Å². The van der Waals surface area contributed by atoms with Gasteiger partial charge in [0, 0.05) is 16.6 Å². The summed E-state index contributed by atoms with van der Waals surface area (Å²) in [5.41, 5.74) is 0.914. The van der Waals surface area contributed by atoms with E-state index >= 15 is 0 Å². The average Bonchev–Trinajstić information content (AvgIpc) is 3.20. The Morgan fingerprint density at radius 2 is 2.04 bits per heavy atom. The second-order valence-electron chi connectivity index (χ2n) is 5.72. The van der Waals surface area contributed by atoms with Crippen LogP contribution in [0.25, 0.3) is 11.4 Å². The molecule has 1 aliphatic rings. The molecule has 5 nitrogen and oxygen atoms in total. The molecule has 1 heterocycles. The van der Waals surface area contributed by atoms with E-state index in [0.717, 1.165) is 18.4 Å². The highest BCUT2D eigenvalue weighted by molar-refractivity contribution is 8.00. The van der Waals surface area contributed by atoms with E-state index in [2.05, 4.69) is 20.5 Å². The summed E-state index contributed by atoms with van der Waals surface area (Å²) in [6, 6.07) is 7.72. The maximum atomic E-state index is 12.2. The zero-order chi connectivity index (χ0) is 16.2. The van der Waals surface area contributed by atoms with E-state index in [0.29, 0.717) is 22.0 Å². The van der Waals surface area contributed by atoms with Crippen LogP contribution in [0.15, 0.2) is 29.4 Å². The first-order chi connectivity index (χ1) is 11.1. The largest absolute Gasteiger partial charge is 0.352 e. The number of benzene rings is 1. The normalized spacial score (nSPS) is 16.4. The van der Waals surface area contributed by atoms with E-state index in [1.165, 1.54) is 24.6 Å². The molecule has 1 amide bonds. The number of halogens is 1. The van der Waals surface area contributed by atoms with Crippen LogP contribution in [0.3, 0.4) is 0 Å². The number of aromatic amines is 1. The lowest BCUT2D eigenvalue weighted by molar-refractivity contribution is -0.120. The first kappa shape index (κ1) is 16.3. The van der Waals surface area contributed by atoms with Crippen molar-refractivity contribution in [3.05, 3.63) is 29.3 Å². The van der Waals surface area contributed by atoms with Gasteiger partial charge >= 0.3 is 0 Å². The van der Waals surface area contributed by atoms with Crippen molar-refractivity contribution < 1.29 is 4.79 Å². The number of amides is 1. The highest BCUT2D eigenvalue weighted by Crippen LogP contribution is 2.24. The Morgan fingerprint density at radius 1 is 1.35 bits per heavy atom. The minimum atomic E-state index is -0.218. The molecular weight excluding hydrogens is 332 g/mol. The van der Waals surface area contributed by atoms with Gasteiger partial charge < -0.3 is 5.32 Å². The number of nitrogens with zero attached hydrogens (tertiary/aromatic N) is 2. The maximum absolute atomic E-state index is 12.2. The lowest BCUT2D eigenvalue weighted by Gasteiger charge is -2.15. The van der Waals surface area contributed by atoms with Crippen molar-refractivity contribution in [3.63, 3.8) is 0 Å². The molecule has 0 aliphatic heterocycles. The molecule has 1 aromatic heterocycles. The molecule has 3 rings (SSSR count). The molecule has 1 saturated carbocycles. The summed E-state index contributed by atoms with van der Waals surface area (Å²) in [7, 11) is 0. The zero-order valence-electron chi connectivity index (χ0n) is 12.9. The van der Waals surface area contributed by atoms with Gasteiger partial charge in [0.25, 0.3) is 0 Å². The summed E-state index contributed by atoms with van der Waals surface area (Å²) in [6.45, 7) is 1.88. The number of nitrogens with one attached hydrogen (secondary N) is 2. The van der Waals surface area contributed by atoms with Gasteiger partial charge in [0.1, 0.15) is 0 Å². The summed E-state index contributed by atoms with van der Waals surface area (Å²) in [6.07, 6.45) is 4.59. The number of carbonyl (C=O) groups excluding carboxylic acids is 1. The van der Waals surface area contributed by atoms with E-state index in [9.17, 15) is 4.79 Å². The molecule has 1 aliphatic carbocycles. The summed E-state index contributed by atoms with van der Waals surface area (Å²) < 4.78 is 0. The van der Waals surface area contributed by atoms with Crippen LogP contribution in [-0.4, -0.2) is 32.4 Å². The minimum absolute atomic E-state index is 0.0553. The quantitative estimate of drug-likeness (QED) is 0.807. The number of hydrogen-bond donors (Lipinski definition) is 2. The average molecular weight is 351 g/mol. The molecule has 0 saturated heterocycles. The lowest BCUT2D eigenvalue weighted by Crippen LogP contribution is -2.37. The van der Waals surface area contributed by atoms with Crippen LogP contribution in [0.4, 0.5) is 0 Å². The molecule has 0 radical (unpaired) electrons. The molecule has 0 unspecified atom stereocenters. The van der Waals surface area contributed by atoms with Crippen LogP contribution in [-0.2, 0) is 4.79 Å². The van der Waals surface area contributed by atoms with Crippen LogP contribution in [0.2, 0.25) is 5.02 Å². The number of hydrogen-bond acceptors (Lipinski definition) is 4. The second-order valence-corrected chi connectivity index (χ2v) is 7.47. The fourth-order valence-corrected chi connectivity index (χ4v) is 3.50. The van der Waals surface area contributed by atoms with Gasteiger partial charge in [-0.1, -0.05) is 36.2 Å². The molecule has 7 heteroatoms.